The van der Waals surface area contributed by atoms with Crippen LogP contribution in [0.5, 0.6) is 0 Å². The third-order valence-electron chi connectivity index (χ3n) is 5.21. The molecule has 0 bridgehead atoms. The van der Waals surface area contributed by atoms with Crippen molar-refractivity contribution in [3.05, 3.63) is 77.1 Å². The van der Waals surface area contributed by atoms with Gasteiger partial charge in [0.25, 0.3) is 5.91 Å². The van der Waals surface area contributed by atoms with Gasteiger partial charge in [-0.15, -0.1) is 0 Å². The number of amides is 2. The van der Waals surface area contributed by atoms with Gasteiger partial charge in [0.05, 0.1) is 5.69 Å². The molecule has 2 aromatic rings. The number of carbonyl (C=O) groups is 3. The minimum absolute atomic E-state index is 0.102. The van der Waals surface area contributed by atoms with Crippen LogP contribution < -0.4 is 5.48 Å². The van der Waals surface area contributed by atoms with Crippen molar-refractivity contribution < 1.29 is 19.6 Å². The lowest BCUT2D eigenvalue weighted by molar-refractivity contribution is -0.130. The SMILES string of the molecule is CC(=O)N1CCN(Cc2ccc(C(=O)C=Cc3ccc(C=CC(=O)NO)nc3)cc2)CC1. The minimum atomic E-state index is -0.636. The summed E-state index contributed by atoms with van der Waals surface area (Å²) in [5.74, 6) is -0.616. The summed E-state index contributed by atoms with van der Waals surface area (Å²) in [6.45, 7) is 5.59. The number of hydroxylamine groups is 1. The first-order valence-electron chi connectivity index (χ1n) is 10.3. The lowest BCUT2D eigenvalue weighted by atomic mass is 10.1. The number of hydrogen-bond acceptors (Lipinski definition) is 6. The Labute approximate surface area is 186 Å². The van der Waals surface area contributed by atoms with E-state index in [1.165, 1.54) is 17.6 Å². The van der Waals surface area contributed by atoms with Crippen LogP contribution in [0.1, 0.15) is 34.1 Å². The van der Waals surface area contributed by atoms with Gasteiger partial charge in [0, 0.05) is 57.5 Å². The number of carbonyl (C=O) groups excluding carboxylic acids is 3. The number of nitrogens with one attached hydrogen (secondary N) is 1. The Balaban J connectivity index is 1.52. The van der Waals surface area contributed by atoms with E-state index in [1.54, 1.807) is 31.3 Å². The van der Waals surface area contributed by atoms with Crippen LogP contribution in [0, 0.1) is 0 Å². The highest BCUT2D eigenvalue weighted by molar-refractivity contribution is 6.06. The Morgan fingerprint density at radius 1 is 1.00 bits per heavy atom. The topological polar surface area (TPSA) is 103 Å². The van der Waals surface area contributed by atoms with E-state index in [4.69, 9.17) is 5.21 Å². The van der Waals surface area contributed by atoms with Crippen molar-refractivity contribution in [1.29, 1.82) is 0 Å². The number of ketones is 1. The molecule has 1 aromatic heterocycles. The van der Waals surface area contributed by atoms with Crippen LogP contribution in [0.15, 0.2) is 54.7 Å². The van der Waals surface area contributed by atoms with Gasteiger partial charge in [-0.1, -0.05) is 30.3 Å². The Kier molecular flexibility index (Phi) is 8.02. The Morgan fingerprint density at radius 2 is 1.72 bits per heavy atom. The average molecular weight is 434 g/mol. The number of piperazine rings is 1. The van der Waals surface area contributed by atoms with Crippen molar-refractivity contribution in [2.24, 2.45) is 0 Å². The molecule has 2 heterocycles. The van der Waals surface area contributed by atoms with E-state index in [0.717, 1.165) is 49.9 Å². The van der Waals surface area contributed by atoms with Gasteiger partial charge in [0.15, 0.2) is 5.78 Å². The molecule has 8 nitrogen and oxygen atoms in total. The first-order valence-corrected chi connectivity index (χ1v) is 10.3. The fourth-order valence-corrected chi connectivity index (χ4v) is 3.33. The summed E-state index contributed by atoms with van der Waals surface area (Å²) in [7, 11) is 0. The maximum absolute atomic E-state index is 12.5. The van der Waals surface area contributed by atoms with E-state index in [1.807, 2.05) is 29.2 Å². The number of allylic oxidation sites excluding steroid dienone is 1. The van der Waals surface area contributed by atoms with Crippen LogP contribution in [0.4, 0.5) is 0 Å². The molecule has 0 unspecified atom stereocenters. The summed E-state index contributed by atoms with van der Waals surface area (Å²) in [6.07, 6.45) is 7.41. The fraction of sp³-hybridized carbons (Fsp3) is 0.250. The molecular formula is C24H26N4O4. The molecule has 0 aliphatic carbocycles. The number of hydrogen-bond donors (Lipinski definition) is 2. The molecule has 8 heteroatoms. The van der Waals surface area contributed by atoms with Crippen LogP contribution in [0.2, 0.25) is 0 Å². The summed E-state index contributed by atoms with van der Waals surface area (Å²) in [6, 6.07) is 11.1. The molecule has 0 spiro atoms. The van der Waals surface area contributed by atoms with E-state index in [0.29, 0.717) is 11.3 Å². The predicted molar refractivity (Wildman–Crippen MR) is 121 cm³/mol. The summed E-state index contributed by atoms with van der Waals surface area (Å²) in [5, 5.41) is 8.46. The molecule has 1 aliphatic rings. The van der Waals surface area contributed by atoms with Crippen LogP contribution >= 0.6 is 0 Å². The molecule has 0 radical (unpaired) electrons. The fourth-order valence-electron chi connectivity index (χ4n) is 3.33. The quantitative estimate of drug-likeness (QED) is 0.300. The molecule has 3 rings (SSSR count). The number of rotatable bonds is 7. The van der Waals surface area contributed by atoms with Crippen molar-refractivity contribution in [2.75, 3.05) is 26.2 Å². The van der Waals surface area contributed by atoms with Crippen molar-refractivity contribution >= 4 is 29.7 Å². The molecule has 1 aromatic carbocycles. The van der Waals surface area contributed by atoms with Crippen molar-refractivity contribution in [3.8, 4) is 0 Å². The first kappa shape index (κ1) is 23.1. The lowest BCUT2D eigenvalue weighted by Crippen LogP contribution is -2.47. The molecule has 2 amide bonds. The number of pyridine rings is 1. The molecule has 166 valence electrons. The molecule has 2 N–H and O–H groups in total. The van der Waals surface area contributed by atoms with Gasteiger partial charge in [-0.25, -0.2) is 5.48 Å². The monoisotopic (exact) mass is 434 g/mol. The molecule has 1 saturated heterocycles. The van der Waals surface area contributed by atoms with Gasteiger partial charge >= 0.3 is 0 Å². The zero-order valence-corrected chi connectivity index (χ0v) is 17.9. The van der Waals surface area contributed by atoms with E-state index in [9.17, 15) is 14.4 Å². The summed E-state index contributed by atoms with van der Waals surface area (Å²) in [4.78, 5) is 43.2. The maximum Gasteiger partial charge on any atom is 0.267 e. The highest BCUT2D eigenvalue weighted by Gasteiger charge is 2.18. The highest BCUT2D eigenvalue weighted by atomic mass is 16.5. The van der Waals surface area contributed by atoms with Gasteiger partial charge in [-0.05, 0) is 35.4 Å². The normalized spacial score (nSPS) is 14.8. The third kappa shape index (κ3) is 6.69. The Hall–Kier alpha value is -3.62. The number of benzene rings is 1. The number of aromatic nitrogens is 1. The summed E-state index contributed by atoms with van der Waals surface area (Å²) in [5.41, 5.74) is 4.55. The van der Waals surface area contributed by atoms with Crippen LogP contribution in [0.3, 0.4) is 0 Å². The molecular weight excluding hydrogens is 408 g/mol. The molecule has 1 aliphatic heterocycles. The van der Waals surface area contributed by atoms with E-state index < -0.39 is 5.91 Å². The minimum Gasteiger partial charge on any atom is -0.340 e. The zero-order chi connectivity index (χ0) is 22.9. The smallest absolute Gasteiger partial charge is 0.267 e. The van der Waals surface area contributed by atoms with Crippen LogP contribution in [0.25, 0.3) is 12.2 Å². The second-order valence-electron chi connectivity index (χ2n) is 7.50. The van der Waals surface area contributed by atoms with Crippen molar-refractivity contribution in [3.63, 3.8) is 0 Å². The van der Waals surface area contributed by atoms with E-state index in [-0.39, 0.29) is 11.7 Å². The predicted octanol–water partition coefficient (Wildman–Crippen LogP) is 2.16. The van der Waals surface area contributed by atoms with Crippen molar-refractivity contribution in [1.82, 2.24) is 20.3 Å². The number of nitrogens with zero attached hydrogens (tertiary/aromatic N) is 3. The highest BCUT2D eigenvalue weighted by Crippen LogP contribution is 2.12. The Morgan fingerprint density at radius 3 is 2.31 bits per heavy atom. The van der Waals surface area contributed by atoms with Gasteiger partial charge in [-0.3, -0.25) is 29.5 Å². The van der Waals surface area contributed by atoms with Crippen LogP contribution in [-0.4, -0.2) is 63.8 Å². The van der Waals surface area contributed by atoms with Crippen molar-refractivity contribution in [2.45, 2.75) is 13.5 Å². The Bertz CT molecular complexity index is 1010. The van der Waals surface area contributed by atoms with Gasteiger partial charge < -0.3 is 4.90 Å². The summed E-state index contributed by atoms with van der Waals surface area (Å²) < 4.78 is 0. The van der Waals surface area contributed by atoms with Gasteiger partial charge in [-0.2, -0.15) is 0 Å². The molecule has 0 saturated carbocycles. The van der Waals surface area contributed by atoms with Gasteiger partial charge in [0.1, 0.15) is 0 Å². The van der Waals surface area contributed by atoms with Gasteiger partial charge in [0.2, 0.25) is 5.91 Å². The lowest BCUT2D eigenvalue weighted by Gasteiger charge is -2.34. The van der Waals surface area contributed by atoms with E-state index in [2.05, 4.69) is 9.88 Å². The second kappa shape index (κ2) is 11.1. The largest absolute Gasteiger partial charge is 0.340 e. The average Bonchev–Trinajstić information content (AvgIpc) is 2.82. The molecule has 0 atom stereocenters. The maximum atomic E-state index is 12.5. The van der Waals surface area contributed by atoms with Crippen LogP contribution in [-0.2, 0) is 16.1 Å². The third-order valence-corrected chi connectivity index (χ3v) is 5.21. The summed E-state index contributed by atoms with van der Waals surface area (Å²) >= 11 is 0. The van der Waals surface area contributed by atoms with E-state index >= 15 is 0 Å². The molecule has 1 fully saturated rings. The first-order chi connectivity index (χ1) is 15.4. The molecule has 32 heavy (non-hydrogen) atoms. The standard InChI is InChI=1S/C24H26N4O4/c1-18(29)28-14-12-27(13-15-28)17-20-2-6-21(7-3-20)23(30)10-5-19-4-8-22(25-16-19)9-11-24(31)26-32/h2-11,16,32H,12-15,17H2,1H3,(H,26,31). The zero-order valence-electron chi connectivity index (χ0n) is 17.9. The second-order valence-corrected chi connectivity index (χ2v) is 7.50.